The molecule has 216 valence electrons. The summed E-state index contributed by atoms with van der Waals surface area (Å²) in [6.07, 6.45) is -0.0728. The van der Waals surface area contributed by atoms with Crippen molar-refractivity contribution in [2.45, 2.75) is 17.9 Å². The maximum absolute atomic E-state index is 13.5. The zero-order valence-electron chi connectivity index (χ0n) is 22.9. The molecule has 2 aromatic rings. The van der Waals surface area contributed by atoms with Gasteiger partial charge in [0.2, 0.25) is 0 Å². The van der Waals surface area contributed by atoms with Crippen molar-refractivity contribution in [3.05, 3.63) is 83.1 Å². The molecule has 1 fully saturated rings. The van der Waals surface area contributed by atoms with Gasteiger partial charge in [-0.2, -0.15) is 0 Å². The highest BCUT2D eigenvalue weighted by molar-refractivity contribution is 5.98. The molecule has 1 N–H and O–H groups in total. The molecule has 0 spiro atoms. The van der Waals surface area contributed by atoms with Crippen LogP contribution in [0.4, 0.5) is 0 Å². The third-order valence-corrected chi connectivity index (χ3v) is 7.86. The molecular formula is C30H30O11. The Morgan fingerprint density at radius 2 is 1.20 bits per heavy atom. The number of rotatable bonds is 7. The summed E-state index contributed by atoms with van der Waals surface area (Å²) in [5.74, 6) is -12.9. The topological polar surface area (TPSA) is 152 Å². The lowest BCUT2D eigenvalue weighted by Gasteiger charge is -2.55. The Balaban J connectivity index is 2.07. The Morgan fingerprint density at radius 1 is 0.683 bits per heavy atom. The Kier molecular flexibility index (Phi) is 8.57. The molecule has 11 heteroatoms. The normalized spacial score (nSPS) is 26.8. The molecule has 6 atom stereocenters. The molecule has 2 aliphatic rings. The second-order valence-electron chi connectivity index (χ2n) is 9.73. The minimum Gasteiger partial charge on any atom is -0.469 e. The van der Waals surface area contributed by atoms with Crippen LogP contribution >= 0.6 is 0 Å². The van der Waals surface area contributed by atoms with E-state index in [2.05, 4.69) is 0 Å². The predicted molar refractivity (Wildman–Crippen MR) is 140 cm³/mol. The third kappa shape index (κ3) is 4.97. The summed E-state index contributed by atoms with van der Waals surface area (Å²) in [5, 5.41) is 12.7. The molecule has 0 saturated heterocycles. The quantitative estimate of drug-likeness (QED) is 0.388. The van der Waals surface area contributed by atoms with Crippen molar-refractivity contribution in [2.75, 3.05) is 28.4 Å². The summed E-state index contributed by atoms with van der Waals surface area (Å²) < 4.78 is 25.8. The zero-order valence-corrected chi connectivity index (χ0v) is 22.9. The highest BCUT2D eigenvalue weighted by atomic mass is 16.6. The lowest BCUT2D eigenvalue weighted by Crippen LogP contribution is -2.68. The first-order valence-electron chi connectivity index (χ1n) is 12.8. The highest BCUT2D eigenvalue weighted by Crippen LogP contribution is 2.60. The van der Waals surface area contributed by atoms with E-state index in [0.717, 1.165) is 28.4 Å². The third-order valence-electron chi connectivity index (χ3n) is 7.86. The van der Waals surface area contributed by atoms with E-state index < -0.39 is 70.8 Å². The predicted octanol–water partition coefficient (Wildman–Crippen LogP) is 2.19. The van der Waals surface area contributed by atoms with Gasteiger partial charge >= 0.3 is 29.8 Å². The van der Waals surface area contributed by atoms with E-state index in [0.29, 0.717) is 5.56 Å². The number of benzene rings is 2. The first-order valence-corrected chi connectivity index (χ1v) is 12.8. The Labute approximate surface area is 236 Å². The smallest absolute Gasteiger partial charge is 0.343 e. The fourth-order valence-electron chi connectivity index (χ4n) is 6.19. The van der Waals surface area contributed by atoms with Gasteiger partial charge in [0, 0.05) is 11.8 Å². The first kappa shape index (κ1) is 29.5. The average molecular weight is 567 g/mol. The van der Waals surface area contributed by atoms with Gasteiger partial charge in [0.1, 0.15) is 17.3 Å². The van der Waals surface area contributed by atoms with Crippen molar-refractivity contribution < 1.29 is 52.8 Å². The van der Waals surface area contributed by atoms with Crippen LogP contribution in [0.15, 0.2) is 72.0 Å². The van der Waals surface area contributed by atoms with Crippen LogP contribution < -0.4 is 0 Å². The number of carbonyl (C=O) groups is 5. The van der Waals surface area contributed by atoms with Gasteiger partial charge in [-0.1, -0.05) is 48.5 Å². The molecule has 2 aromatic carbocycles. The molecule has 2 bridgehead atoms. The standard InChI is InChI=1S/C30H30O11/c1-37-26(32)20-19-15-18(16-11-7-5-8-12-16)21(27(33)38-2)30(36,22(19)28(34)39-3)23(29(35)40-4)24(20)41-25(31)17-13-9-6-10-14-17/h5-14,18-19,21-23,36H,15H2,1-4H3/t18-,19-,21+,22+,23?,30-/m1/s1. The number of aliphatic hydroxyl groups is 1. The maximum Gasteiger partial charge on any atom is 0.343 e. The molecule has 41 heavy (non-hydrogen) atoms. The van der Waals surface area contributed by atoms with Crippen molar-refractivity contribution in [1.29, 1.82) is 0 Å². The van der Waals surface area contributed by atoms with Crippen LogP contribution in [0.25, 0.3) is 0 Å². The van der Waals surface area contributed by atoms with Crippen LogP contribution in [0.3, 0.4) is 0 Å². The molecule has 2 aliphatic carbocycles. The molecule has 11 nitrogen and oxygen atoms in total. The zero-order chi connectivity index (χ0) is 29.9. The van der Waals surface area contributed by atoms with Crippen molar-refractivity contribution >= 4 is 29.8 Å². The Bertz CT molecular complexity index is 1370. The number of esters is 5. The van der Waals surface area contributed by atoms with Gasteiger partial charge in [-0.3, -0.25) is 14.4 Å². The van der Waals surface area contributed by atoms with Crippen LogP contribution in [0, 0.1) is 23.7 Å². The number of hydrogen-bond acceptors (Lipinski definition) is 11. The Hall–Kier alpha value is -4.51. The van der Waals surface area contributed by atoms with E-state index in [-0.39, 0.29) is 17.6 Å². The number of ether oxygens (including phenoxy) is 5. The van der Waals surface area contributed by atoms with E-state index >= 15 is 0 Å². The molecule has 0 aliphatic heterocycles. The van der Waals surface area contributed by atoms with Gasteiger partial charge in [-0.15, -0.1) is 0 Å². The van der Waals surface area contributed by atoms with Crippen LogP contribution in [-0.4, -0.2) is 69.0 Å². The van der Waals surface area contributed by atoms with Crippen LogP contribution in [0.1, 0.15) is 28.3 Å². The van der Waals surface area contributed by atoms with Gasteiger partial charge in [-0.25, -0.2) is 9.59 Å². The summed E-state index contributed by atoms with van der Waals surface area (Å²) in [5.41, 5.74) is -2.30. The lowest BCUT2D eigenvalue weighted by molar-refractivity contribution is -0.208. The van der Waals surface area contributed by atoms with Crippen LogP contribution in [0.2, 0.25) is 0 Å². The van der Waals surface area contributed by atoms with Gasteiger partial charge < -0.3 is 28.8 Å². The van der Waals surface area contributed by atoms with E-state index in [4.69, 9.17) is 23.7 Å². The van der Waals surface area contributed by atoms with Crippen LogP contribution in [-0.2, 0) is 42.9 Å². The Morgan fingerprint density at radius 3 is 1.71 bits per heavy atom. The van der Waals surface area contributed by atoms with Gasteiger partial charge in [0.15, 0.2) is 0 Å². The molecule has 0 heterocycles. The number of hydrogen-bond donors (Lipinski definition) is 1. The monoisotopic (exact) mass is 566 g/mol. The van der Waals surface area contributed by atoms with Crippen molar-refractivity contribution in [1.82, 2.24) is 0 Å². The molecule has 0 radical (unpaired) electrons. The number of carbonyl (C=O) groups excluding carboxylic acids is 5. The molecule has 1 unspecified atom stereocenters. The van der Waals surface area contributed by atoms with Crippen molar-refractivity contribution in [3.8, 4) is 0 Å². The molecule has 0 aromatic heterocycles. The second-order valence-corrected chi connectivity index (χ2v) is 9.73. The summed E-state index contributed by atoms with van der Waals surface area (Å²) in [6, 6.07) is 16.4. The fraction of sp³-hybridized carbons (Fsp3) is 0.367. The van der Waals surface area contributed by atoms with E-state index in [1.54, 1.807) is 48.5 Å². The highest BCUT2D eigenvalue weighted by Gasteiger charge is 2.71. The van der Waals surface area contributed by atoms with Crippen molar-refractivity contribution in [2.24, 2.45) is 23.7 Å². The first-order chi connectivity index (χ1) is 19.6. The average Bonchev–Trinajstić information content (AvgIpc) is 3.00. The molecule has 4 rings (SSSR count). The van der Waals surface area contributed by atoms with E-state index in [1.165, 1.54) is 12.1 Å². The van der Waals surface area contributed by atoms with E-state index in [9.17, 15) is 29.1 Å². The lowest BCUT2D eigenvalue weighted by atomic mass is 9.49. The van der Waals surface area contributed by atoms with Crippen LogP contribution in [0.5, 0.6) is 0 Å². The second kappa shape index (κ2) is 11.9. The summed E-state index contributed by atoms with van der Waals surface area (Å²) in [7, 11) is 4.28. The molecule has 0 amide bonds. The van der Waals surface area contributed by atoms with Crippen molar-refractivity contribution in [3.63, 3.8) is 0 Å². The fourth-order valence-corrected chi connectivity index (χ4v) is 6.19. The summed E-state index contributed by atoms with van der Waals surface area (Å²) in [4.78, 5) is 67.0. The van der Waals surface area contributed by atoms with E-state index in [1.807, 2.05) is 0 Å². The minimum atomic E-state index is -2.62. The van der Waals surface area contributed by atoms with Gasteiger partial charge in [0.05, 0.1) is 51.4 Å². The minimum absolute atomic E-state index is 0.0728. The van der Waals surface area contributed by atoms with Gasteiger partial charge in [0.25, 0.3) is 0 Å². The summed E-state index contributed by atoms with van der Waals surface area (Å²) in [6.45, 7) is 0. The molecular weight excluding hydrogens is 536 g/mol. The number of fused-ring (bicyclic) bond motifs is 2. The molecule has 1 saturated carbocycles. The number of methoxy groups -OCH3 is 4. The maximum atomic E-state index is 13.5. The largest absolute Gasteiger partial charge is 0.469 e. The summed E-state index contributed by atoms with van der Waals surface area (Å²) >= 11 is 0. The SMILES string of the molecule is COC(=O)C1=C(OC(=O)c2ccccc2)C(C(=O)OC)[C@]2(O)[C@H](C(=O)OC)[C@@H]1C[C@H](c1ccccc1)[C@H]2C(=O)OC. The van der Waals surface area contributed by atoms with Gasteiger partial charge in [-0.05, 0) is 24.1 Å².